The highest BCUT2D eigenvalue weighted by Gasteiger charge is 2.45. The molecule has 0 spiro atoms. The minimum absolute atomic E-state index is 0.0798. The van der Waals surface area contributed by atoms with Gasteiger partial charge < -0.3 is 20.1 Å². The van der Waals surface area contributed by atoms with E-state index >= 15 is 0 Å². The van der Waals surface area contributed by atoms with Crippen molar-refractivity contribution < 1.29 is 33.4 Å². The van der Waals surface area contributed by atoms with Crippen LogP contribution in [0.4, 0.5) is 8.78 Å². The van der Waals surface area contributed by atoms with Crippen LogP contribution in [0.2, 0.25) is 0 Å². The van der Waals surface area contributed by atoms with Gasteiger partial charge in [0, 0.05) is 6.42 Å². The zero-order valence-electron chi connectivity index (χ0n) is 12.3. The van der Waals surface area contributed by atoms with Gasteiger partial charge >= 0.3 is 0 Å². The first-order valence-corrected chi connectivity index (χ1v) is 7.42. The van der Waals surface area contributed by atoms with Crippen molar-refractivity contribution >= 4 is 18.5 Å². The van der Waals surface area contributed by atoms with Crippen LogP contribution in [0.3, 0.4) is 0 Å². The second-order valence-corrected chi connectivity index (χ2v) is 6.55. The molecule has 1 heterocycles. The fraction of sp³-hybridized carbons (Fsp3) is 0.917. The van der Waals surface area contributed by atoms with Gasteiger partial charge in [-0.05, 0) is 25.9 Å². The van der Waals surface area contributed by atoms with Gasteiger partial charge in [0.15, 0.2) is 0 Å². The molecule has 1 saturated heterocycles. The second-order valence-electron chi connectivity index (χ2n) is 5.33. The van der Waals surface area contributed by atoms with E-state index in [0.717, 1.165) is 0 Å². The lowest BCUT2D eigenvalue weighted by molar-refractivity contribution is -0.526. The van der Waals surface area contributed by atoms with Crippen LogP contribution in [0.25, 0.3) is 0 Å². The Balaban J connectivity index is 2.78. The first-order valence-electron chi connectivity index (χ1n) is 6.48. The van der Waals surface area contributed by atoms with Crippen LogP contribution >= 0.6 is 11.8 Å². The molecule has 0 saturated carbocycles. The molecule has 3 N–H and O–H groups in total. The van der Waals surface area contributed by atoms with E-state index in [2.05, 4.69) is 6.72 Å². The van der Waals surface area contributed by atoms with Crippen molar-refractivity contribution in [3.05, 3.63) is 0 Å². The molecule has 1 rings (SSSR count). The molecule has 6 unspecified atom stereocenters. The van der Waals surface area contributed by atoms with Gasteiger partial charge in [-0.25, -0.2) is 18.3 Å². The van der Waals surface area contributed by atoms with Gasteiger partial charge in [-0.2, -0.15) is 0 Å². The Morgan fingerprint density at radius 3 is 2.38 bits per heavy atom. The predicted molar refractivity (Wildman–Crippen MR) is 75.7 cm³/mol. The average molecular weight is 329 g/mol. The van der Waals surface area contributed by atoms with Crippen LogP contribution in [0.1, 0.15) is 6.42 Å². The molecule has 21 heavy (non-hydrogen) atoms. The topological polar surface area (TPSA) is 76.2 Å². The summed E-state index contributed by atoms with van der Waals surface area (Å²) in [6.45, 7) is 3.78. The number of alkyl halides is 2. The average Bonchev–Trinajstić information content (AvgIpc) is 2.37. The number of halogens is 2. The van der Waals surface area contributed by atoms with Crippen LogP contribution in [0, 0.1) is 0 Å². The molecule has 0 aromatic carbocycles. The molecule has 1 aliphatic rings. The highest BCUT2D eigenvalue weighted by molar-refractivity contribution is 8.00. The Hall–Kier alpha value is -0.320. The maximum Gasteiger partial charge on any atom is 0.266 e. The summed E-state index contributed by atoms with van der Waals surface area (Å²) in [5, 5.41) is 28.9. The predicted octanol–water partition coefficient (Wildman–Crippen LogP) is -0.629. The van der Waals surface area contributed by atoms with Crippen LogP contribution in [0.15, 0.2) is 0 Å². The number of aliphatic hydroxyl groups excluding tert-OH is 3. The van der Waals surface area contributed by atoms with Crippen molar-refractivity contribution in [3.8, 4) is 0 Å². The fourth-order valence-corrected chi connectivity index (χ4v) is 3.36. The normalized spacial score (nSPS) is 33.2. The third-order valence-electron chi connectivity index (χ3n) is 3.16. The van der Waals surface area contributed by atoms with Gasteiger partial charge in [0.25, 0.3) is 11.9 Å². The van der Waals surface area contributed by atoms with Crippen molar-refractivity contribution in [2.75, 3.05) is 21.1 Å². The SMILES string of the molecule is C=[N+](C)C(SC1CC(O)C(O)C(C(O)C(F)F)O1)N(C)C. The van der Waals surface area contributed by atoms with Gasteiger partial charge in [-0.3, -0.25) is 0 Å². The summed E-state index contributed by atoms with van der Waals surface area (Å²) in [6, 6.07) is 0. The summed E-state index contributed by atoms with van der Waals surface area (Å²) in [7, 11) is 5.38. The number of hydrogen-bond acceptors (Lipinski definition) is 6. The number of thioether (sulfide) groups is 1. The second kappa shape index (κ2) is 7.80. The van der Waals surface area contributed by atoms with E-state index in [1.165, 1.54) is 11.8 Å². The minimum atomic E-state index is -3.05. The number of aliphatic hydroxyl groups is 3. The third-order valence-corrected chi connectivity index (χ3v) is 4.79. The Labute approximate surface area is 127 Å². The van der Waals surface area contributed by atoms with E-state index in [1.807, 2.05) is 19.0 Å². The smallest absolute Gasteiger partial charge is 0.266 e. The Morgan fingerprint density at radius 2 is 1.95 bits per heavy atom. The van der Waals surface area contributed by atoms with Gasteiger partial charge in [-0.15, -0.1) is 0 Å². The van der Waals surface area contributed by atoms with Crippen LogP contribution in [-0.4, -0.2) is 94.4 Å². The number of hydrogen-bond donors (Lipinski definition) is 3. The largest absolute Gasteiger partial charge is 0.390 e. The zero-order valence-corrected chi connectivity index (χ0v) is 13.1. The molecule has 6 atom stereocenters. The summed E-state index contributed by atoms with van der Waals surface area (Å²) in [5.41, 5.74) is -0.847. The van der Waals surface area contributed by atoms with Crippen LogP contribution < -0.4 is 0 Å². The van der Waals surface area contributed by atoms with Gasteiger partial charge in [0.05, 0.1) is 6.10 Å². The van der Waals surface area contributed by atoms with Gasteiger partial charge in [0.1, 0.15) is 37.5 Å². The molecule has 0 amide bonds. The molecule has 0 aromatic rings. The van der Waals surface area contributed by atoms with E-state index < -0.39 is 36.3 Å². The quantitative estimate of drug-likeness (QED) is 0.342. The highest BCUT2D eigenvalue weighted by Crippen LogP contribution is 2.33. The Bertz CT molecular complexity index is 358. The van der Waals surface area contributed by atoms with Gasteiger partial charge in [0.2, 0.25) is 0 Å². The van der Waals surface area contributed by atoms with E-state index in [-0.39, 0.29) is 11.9 Å². The zero-order chi connectivity index (χ0) is 16.3. The molecular weight excluding hydrogens is 306 g/mol. The van der Waals surface area contributed by atoms with Gasteiger partial charge in [-0.1, -0.05) is 0 Å². The summed E-state index contributed by atoms with van der Waals surface area (Å²) in [4.78, 5) is 1.84. The molecule has 0 aliphatic carbocycles. The number of nitrogens with zero attached hydrogens (tertiary/aromatic N) is 2. The first-order chi connectivity index (χ1) is 9.65. The van der Waals surface area contributed by atoms with Crippen molar-refractivity contribution in [3.63, 3.8) is 0 Å². The van der Waals surface area contributed by atoms with E-state index in [4.69, 9.17) is 4.74 Å². The maximum atomic E-state index is 12.6. The third kappa shape index (κ3) is 4.83. The molecular formula is C12H23F2N2O4S+. The Kier molecular flexibility index (Phi) is 6.95. The molecule has 1 fully saturated rings. The minimum Gasteiger partial charge on any atom is -0.390 e. The molecule has 9 heteroatoms. The monoisotopic (exact) mass is 329 g/mol. The summed E-state index contributed by atoms with van der Waals surface area (Å²) >= 11 is 1.26. The molecule has 1 aliphatic heterocycles. The lowest BCUT2D eigenvalue weighted by Gasteiger charge is -2.39. The molecule has 124 valence electrons. The summed E-state index contributed by atoms with van der Waals surface area (Å²) in [6.07, 6.45) is -9.41. The highest BCUT2D eigenvalue weighted by atomic mass is 32.2. The van der Waals surface area contributed by atoms with Crippen LogP contribution in [-0.2, 0) is 4.74 Å². The number of rotatable bonds is 6. The maximum absolute atomic E-state index is 12.6. The van der Waals surface area contributed by atoms with Crippen molar-refractivity contribution in [1.29, 1.82) is 0 Å². The molecule has 0 bridgehead atoms. The fourth-order valence-electron chi connectivity index (χ4n) is 2.14. The lowest BCUT2D eigenvalue weighted by Crippen LogP contribution is -2.55. The van der Waals surface area contributed by atoms with Crippen molar-refractivity contribution in [2.24, 2.45) is 0 Å². The van der Waals surface area contributed by atoms with E-state index in [9.17, 15) is 24.1 Å². The first kappa shape index (κ1) is 18.7. The summed E-state index contributed by atoms with van der Waals surface area (Å²) in [5.74, 6) is 0. The van der Waals surface area contributed by atoms with Crippen molar-refractivity contribution in [2.45, 2.75) is 48.2 Å². The molecule has 6 nitrogen and oxygen atoms in total. The lowest BCUT2D eigenvalue weighted by atomic mass is 9.98. The summed E-state index contributed by atoms with van der Waals surface area (Å²) < 4.78 is 32.2. The molecule has 0 aromatic heterocycles. The number of ether oxygens (including phenoxy) is 1. The van der Waals surface area contributed by atoms with E-state index in [1.54, 1.807) is 11.6 Å². The molecule has 0 radical (unpaired) electrons. The van der Waals surface area contributed by atoms with Crippen LogP contribution in [0.5, 0.6) is 0 Å². The Morgan fingerprint density at radius 1 is 1.38 bits per heavy atom. The standard InChI is InChI=1S/C12H23F2N2O4S/c1-15(2)12(16(3)4)21-7-5-6(17)8(18)10(20-7)9(19)11(13)14/h6-12,17-19H,1,5H2,2-4H3/q+1. The van der Waals surface area contributed by atoms with E-state index in [0.29, 0.717) is 0 Å². The van der Waals surface area contributed by atoms with Crippen molar-refractivity contribution in [1.82, 2.24) is 4.90 Å².